The van der Waals surface area contributed by atoms with Crippen LogP contribution >= 0.6 is 0 Å². The van der Waals surface area contributed by atoms with Crippen LogP contribution in [0.25, 0.3) is 5.69 Å². The van der Waals surface area contributed by atoms with Gasteiger partial charge in [-0.2, -0.15) is 0 Å². The summed E-state index contributed by atoms with van der Waals surface area (Å²) in [5, 5.41) is 10.6. The van der Waals surface area contributed by atoms with Gasteiger partial charge in [0.2, 0.25) is 0 Å². The normalized spacial score (nSPS) is 14.1. The molecule has 1 saturated heterocycles. The van der Waals surface area contributed by atoms with Gasteiger partial charge in [0.15, 0.2) is 0 Å². The Morgan fingerprint density at radius 1 is 1.18 bits per heavy atom. The minimum atomic E-state index is -0.414. The molecule has 1 aliphatic heterocycles. The fourth-order valence-corrected chi connectivity index (χ4v) is 3.19. The predicted octanol–water partition coefficient (Wildman–Crippen LogP) is 2.80. The summed E-state index contributed by atoms with van der Waals surface area (Å²) >= 11 is 0. The molecule has 4 rings (SSSR count). The maximum absolute atomic E-state index is 14.5. The summed E-state index contributed by atoms with van der Waals surface area (Å²) in [5.74, 6) is -0.0438. The highest BCUT2D eigenvalue weighted by Crippen LogP contribution is 2.23. The molecule has 2 aromatic carbocycles. The smallest absolute Gasteiger partial charge is 0.255 e. The van der Waals surface area contributed by atoms with Gasteiger partial charge in [0.1, 0.15) is 18.0 Å². The zero-order valence-corrected chi connectivity index (χ0v) is 15.4. The maximum atomic E-state index is 14.5. The summed E-state index contributed by atoms with van der Waals surface area (Å²) in [7, 11) is 0. The summed E-state index contributed by atoms with van der Waals surface area (Å²) < 4.78 is 21.7. The molecule has 3 aromatic rings. The molecule has 1 amide bonds. The van der Waals surface area contributed by atoms with Crippen molar-refractivity contribution >= 4 is 17.3 Å². The van der Waals surface area contributed by atoms with Crippen LogP contribution in [-0.4, -0.2) is 47.0 Å². The Bertz CT molecular complexity index is 998. The van der Waals surface area contributed by atoms with Gasteiger partial charge in [-0.15, -0.1) is 10.2 Å². The predicted molar refractivity (Wildman–Crippen MR) is 103 cm³/mol. The van der Waals surface area contributed by atoms with Crippen LogP contribution < -0.4 is 10.2 Å². The number of carbonyl (C=O) groups excluding carboxylic acids is 1. The third-order valence-electron chi connectivity index (χ3n) is 4.66. The second-order valence-electron chi connectivity index (χ2n) is 6.52. The number of anilines is 2. The Hall–Kier alpha value is -3.26. The van der Waals surface area contributed by atoms with Gasteiger partial charge in [0, 0.05) is 24.3 Å². The van der Waals surface area contributed by atoms with Crippen molar-refractivity contribution in [2.75, 3.05) is 36.5 Å². The van der Waals surface area contributed by atoms with Crippen LogP contribution in [0, 0.1) is 12.7 Å². The molecular formula is C20H20FN5O2. The second-order valence-corrected chi connectivity index (χ2v) is 6.52. The Kier molecular flexibility index (Phi) is 5.03. The number of nitrogens with zero attached hydrogens (tertiary/aromatic N) is 4. The van der Waals surface area contributed by atoms with Crippen molar-refractivity contribution in [3.05, 3.63) is 66.0 Å². The molecule has 144 valence electrons. The Morgan fingerprint density at radius 2 is 2.00 bits per heavy atom. The van der Waals surface area contributed by atoms with Gasteiger partial charge in [0.05, 0.1) is 24.6 Å². The van der Waals surface area contributed by atoms with Gasteiger partial charge < -0.3 is 15.0 Å². The first kappa shape index (κ1) is 18.1. The third kappa shape index (κ3) is 3.72. The highest BCUT2D eigenvalue weighted by Gasteiger charge is 2.17. The summed E-state index contributed by atoms with van der Waals surface area (Å²) in [5.41, 5.74) is 2.19. The van der Waals surface area contributed by atoms with E-state index in [-0.39, 0.29) is 11.5 Å². The molecule has 28 heavy (non-hydrogen) atoms. The largest absolute Gasteiger partial charge is 0.378 e. The van der Waals surface area contributed by atoms with E-state index in [1.807, 2.05) is 34.6 Å². The summed E-state index contributed by atoms with van der Waals surface area (Å²) in [4.78, 5) is 14.5. The average Bonchev–Trinajstić information content (AvgIpc) is 3.14. The lowest BCUT2D eigenvalue weighted by Gasteiger charge is -2.29. The van der Waals surface area contributed by atoms with Gasteiger partial charge in [0.25, 0.3) is 5.91 Å². The number of ether oxygens (including phenoxy) is 1. The lowest BCUT2D eigenvalue weighted by atomic mass is 10.1. The van der Waals surface area contributed by atoms with Gasteiger partial charge in [-0.1, -0.05) is 6.07 Å². The second kappa shape index (κ2) is 7.77. The number of rotatable bonds is 4. The number of hydrogen-bond acceptors (Lipinski definition) is 5. The standard InChI is InChI=1S/C20H20FN5O2/c1-14-24-22-13-26(14)17-4-2-3-16(12-17)23-20(27)15-5-6-19(18(21)11-15)25-7-9-28-10-8-25/h2-6,11-13H,7-10H2,1H3,(H,23,27). The van der Waals surface area contributed by atoms with Crippen molar-refractivity contribution in [3.63, 3.8) is 0 Å². The Labute approximate surface area is 161 Å². The molecule has 0 aliphatic carbocycles. The van der Waals surface area contributed by atoms with Crippen LogP contribution in [0.4, 0.5) is 15.8 Å². The van der Waals surface area contributed by atoms with E-state index < -0.39 is 5.82 Å². The van der Waals surface area contributed by atoms with E-state index in [1.165, 1.54) is 6.07 Å². The molecular weight excluding hydrogens is 361 g/mol. The number of aromatic nitrogens is 3. The average molecular weight is 381 g/mol. The van der Waals surface area contributed by atoms with E-state index >= 15 is 0 Å². The maximum Gasteiger partial charge on any atom is 0.255 e. The Morgan fingerprint density at radius 3 is 2.71 bits per heavy atom. The quantitative estimate of drug-likeness (QED) is 0.752. The minimum Gasteiger partial charge on any atom is -0.378 e. The van der Waals surface area contributed by atoms with Crippen molar-refractivity contribution in [3.8, 4) is 5.69 Å². The summed E-state index contributed by atoms with van der Waals surface area (Å²) in [6.45, 7) is 4.26. The first-order valence-corrected chi connectivity index (χ1v) is 9.02. The van der Waals surface area contributed by atoms with Gasteiger partial charge in [-0.25, -0.2) is 4.39 Å². The fraction of sp³-hybridized carbons (Fsp3) is 0.250. The van der Waals surface area contributed by atoms with Crippen LogP contribution in [0.1, 0.15) is 16.2 Å². The van der Waals surface area contributed by atoms with E-state index in [9.17, 15) is 9.18 Å². The lowest BCUT2D eigenvalue weighted by Crippen LogP contribution is -2.36. The number of benzene rings is 2. The van der Waals surface area contributed by atoms with E-state index in [0.29, 0.717) is 37.7 Å². The molecule has 2 heterocycles. The van der Waals surface area contributed by atoms with E-state index in [4.69, 9.17) is 4.74 Å². The van der Waals surface area contributed by atoms with Crippen LogP contribution in [0.2, 0.25) is 0 Å². The van der Waals surface area contributed by atoms with E-state index in [0.717, 1.165) is 11.5 Å². The zero-order chi connectivity index (χ0) is 19.5. The zero-order valence-electron chi connectivity index (χ0n) is 15.4. The molecule has 7 nitrogen and oxygen atoms in total. The summed E-state index contributed by atoms with van der Waals surface area (Å²) in [6.07, 6.45) is 1.61. The van der Waals surface area contributed by atoms with Crippen molar-refractivity contribution < 1.29 is 13.9 Å². The van der Waals surface area contributed by atoms with Gasteiger partial charge >= 0.3 is 0 Å². The van der Waals surface area contributed by atoms with Crippen LogP contribution in [0.15, 0.2) is 48.8 Å². The van der Waals surface area contributed by atoms with E-state index in [2.05, 4.69) is 15.5 Å². The van der Waals surface area contributed by atoms with Crippen molar-refractivity contribution in [2.24, 2.45) is 0 Å². The van der Waals surface area contributed by atoms with E-state index in [1.54, 1.807) is 24.5 Å². The number of morpholine rings is 1. The molecule has 0 unspecified atom stereocenters. The number of hydrogen-bond donors (Lipinski definition) is 1. The highest BCUT2D eigenvalue weighted by molar-refractivity contribution is 6.04. The van der Waals surface area contributed by atoms with Crippen LogP contribution in [-0.2, 0) is 4.74 Å². The molecule has 0 bridgehead atoms. The molecule has 8 heteroatoms. The SMILES string of the molecule is Cc1nncn1-c1cccc(NC(=O)c2ccc(N3CCOCC3)c(F)c2)c1. The molecule has 0 radical (unpaired) electrons. The lowest BCUT2D eigenvalue weighted by molar-refractivity contribution is 0.102. The van der Waals surface area contributed by atoms with Crippen molar-refractivity contribution in [1.82, 2.24) is 14.8 Å². The molecule has 0 saturated carbocycles. The number of halogens is 1. The molecule has 1 N–H and O–H groups in total. The summed E-state index contributed by atoms with van der Waals surface area (Å²) in [6, 6.07) is 11.9. The fourth-order valence-electron chi connectivity index (χ4n) is 3.19. The van der Waals surface area contributed by atoms with Crippen LogP contribution in [0.3, 0.4) is 0 Å². The van der Waals surface area contributed by atoms with Crippen LogP contribution in [0.5, 0.6) is 0 Å². The highest BCUT2D eigenvalue weighted by atomic mass is 19.1. The molecule has 1 aromatic heterocycles. The monoisotopic (exact) mass is 381 g/mol. The van der Waals surface area contributed by atoms with Crippen molar-refractivity contribution in [1.29, 1.82) is 0 Å². The number of carbonyl (C=O) groups is 1. The molecule has 1 aliphatic rings. The molecule has 0 atom stereocenters. The van der Waals surface area contributed by atoms with Crippen molar-refractivity contribution in [2.45, 2.75) is 6.92 Å². The molecule has 1 fully saturated rings. The topological polar surface area (TPSA) is 72.3 Å². The number of nitrogens with one attached hydrogen (secondary N) is 1. The first-order valence-electron chi connectivity index (χ1n) is 9.02. The first-order chi connectivity index (χ1) is 13.6. The minimum absolute atomic E-state index is 0.264. The van der Waals surface area contributed by atoms with Gasteiger partial charge in [-0.3, -0.25) is 9.36 Å². The third-order valence-corrected chi connectivity index (χ3v) is 4.66. The number of amides is 1. The Balaban J connectivity index is 1.51. The molecule has 0 spiro atoms. The number of aryl methyl sites for hydroxylation is 1. The van der Waals surface area contributed by atoms with Gasteiger partial charge in [-0.05, 0) is 43.3 Å².